The van der Waals surface area contributed by atoms with Gasteiger partial charge in [-0.3, -0.25) is 0 Å². The number of fused-ring (bicyclic) bond motifs is 8. The van der Waals surface area contributed by atoms with Crippen molar-refractivity contribution in [2.45, 2.75) is 0 Å². The van der Waals surface area contributed by atoms with Gasteiger partial charge in [-0.1, -0.05) is 61.7 Å². The molecule has 0 aliphatic heterocycles. The van der Waals surface area contributed by atoms with E-state index in [9.17, 15) is 0 Å². The molecule has 24 heavy (non-hydrogen) atoms. The molecule has 0 bridgehead atoms. The minimum atomic E-state index is 0. The SMILES string of the molecule is C=Cc1[nH]c2c(c1C=C)c1ccccc1c1sc3ccccc3c21.[HH]. The Balaban J connectivity index is 0.00000157. The highest BCUT2D eigenvalue weighted by atomic mass is 32.1. The van der Waals surface area contributed by atoms with E-state index in [2.05, 4.69) is 66.7 Å². The van der Waals surface area contributed by atoms with E-state index in [-0.39, 0.29) is 1.43 Å². The fraction of sp³-hybridized carbons (Fsp3) is 0. The average molecular weight is 327 g/mol. The summed E-state index contributed by atoms with van der Waals surface area (Å²) >= 11 is 1.86. The highest BCUT2D eigenvalue weighted by molar-refractivity contribution is 7.27. The maximum Gasteiger partial charge on any atom is 0.0565 e. The number of H-pyrrole nitrogens is 1. The van der Waals surface area contributed by atoms with Crippen molar-refractivity contribution in [3.63, 3.8) is 0 Å². The van der Waals surface area contributed by atoms with Crippen molar-refractivity contribution in [2.24, 2.45) is 0 Å². The van der Waals surface area contributed by atoms with Crippen LogP contribution in [0, 0.1) is 0 Å². The number of nitrogens with one attached hydrogen (secondary N) is 1. The number of thiophene rings is 1. The molecule has 0 unspecified atom stereocenters. The van der Waals surface area contributed by atoms with Gasteiger partial charge in [0.05, 0.1) is 5.52 Å². The molecule has 0 spiro atoms. The summed E-state index contributed by atoms with van der Waals surface area (Å²) in [6.45, 7) is 8.00. The molecule has 1 nitrogen and oxygen atoms in total. The van der Waals surface area contributed by atoms with Crippen LogP contribution in [0.3, 0.4) is 0 Å². The monoisotopic (exact) mass is 327 g/mol. The standard InChI is InChI=1S/C22H15NS.H2/c1-3-13-17(4-2)23-21-19(13)14-9-5-6-10-15(14)22-20(21)16-11-7-8-12-18(16)24-22;/h3-12,23H,1-2H2;1H. The van der Waals surface area contributed by atoms with Crippen molar-refractivity contribution >= 4 is 65.3 Å². The first kappa shape index (κ1) is 13.6. The summed E-state index contributed by atoms with van der Waals surface area (Å²) in [5, 5.41) is 6.43. The Morgan fingerprint density at radius 1 is 0.833 bits per heavy atom. The second-order valence-electron chi connectivity index (χ2n) is 5.96. The van der Waals surface area contributed by atoms with Gasteiger partial charge in [-0.25, -0.2) is 0 Å². The zero-order valence-electron chi connectivity index (χ0n) is 13.1. The molecule has 0 aliphatic rings. The highest BCUT2D eigenvalue weighted by Crippen LogP contribution is 2.45. The van der Waals surface area contributed by atoms with Gasteiger partial charge in [-0.15, -0.1) is 11.3 Å². The van der Waals surface area contributed by atoms with Crippen molar-refractivity contribution < 1.29 is 1.43 Å². The van der Waals surface area contributed by atoms with Gasteiger partial charge in [0.2, 0.25) is 0 Å². The molecule has 116 valence electrons. The molecule has 0 amide bonds. The van der Waals surface area contributed by atoms with Gasteiger partial charge in [-0.2, -0.15) is 0 Å². The van der Waals surface area contributed by atoms with Gasteiger partial charge >= 0.3 is 0 Å². The van der Waals surface area contributed by atoms with Crippen LogP contribution in [0.4, 0.5) is 0 Å². The van der Waals surface area contributed by atoms with Crippen LogP contribution in [-0.4, -0.2) is 4.98 Å². The van der Waals surface area contributed by atoms with E-state index >= 15 is 0 Å². The summed E-state index contributed by atoms with van der Waals surface area (Å²) in [7, 11) is 0. The summed E-state index contributed by atoms with van der Waals surface area (Å²) in [5.41, 5.74) is 3.35. The first-order valence-electron chi connectivity index (χ1n) is 7.96. The number of benzene rings is 3. The van der Waals surface area contributed by atoms with E-state index < -0.39 is 0 Å². The predicted octanol–water partition coefficient (Wildman–Crippen LogP) is 7.22. The van der Waals surface area contributed by atoms with Crippen LogP contribution in [0.15, 0.2) is 61.7 Å². The number of hydrogen-bond acceptors (Lipinski definition) is 1. The molecule has 0 fully saturated rings. The Kier molecular flexibility index (Phi) is 2.73. The summed E-state index contributed by atoms with van der Waals surface area (Å²) < 4.78 is 2.66. The lowest BCUT2D eigenvalue weighted by Gasteiger charge is -2.04. The van der Waals surface area contributed by atoms with E-state index in [1.54, 1.807) is 0 Å². The van der Waals surface area contributed by atoms with Crippen molar-refractivity contribution in [1.82, 2.24) is 4.98 Å². The van der Waals surface area contributed by atoms with Crippen molar-refractivity contribution in [3.05, 3.63) is 72.9 Å². The third-order valence-electron chi connectivity index (χ3n) is 4.76. The Morgan fingerprint density at radius 2 is 1.54 bits per heavy atom. The Hall–Kier alpha value is -2.84. The third kappa shape index (κ3) is 1.58. The zero-order valence-corrected chi connectivity index (χ0v) is 13.9. The number of hydrogen-bond donors (Lipinski definition) is 1. The second kappa shape index (κ2) is 4.83. The topological polar surface area (TPSA) is 15.8 Å². The lowest BCUT2D eigenvalue weighted by molar-refractivity contribution is 1.44. The number of aromatic amines is 1. The van der Waals surface area contributed by atoms with Crippen LogP contribution in [-0.2, 0) is 0 Å². The van der Waals surface area contributed by atoms with Gasteiger partial charge in [0.15, 0.2) is 0 Å². The quantitative estimate of drug-likeness (QED) is 0.352. The molecule has 0 aliphatic carbocycles. The van der Waals surface area contributed by atoms with Crippen LogP contribution in [0.1, 0.15) is 12.7 Å². The van der Waals surface area contributed by atoms with Crippen molar-refractivity contribution in [2.75, 3.05) is 0 Å². The van der Waals surface area contributed by atoms with E-state index in [0.29, 0.717) is 0 Å². The average Bonchev–Trinajstić information content (AvgIpc) is 3.19. The van der Waals surface area contributed by atoms with E-state index in [1.807, 2.05) is 23.5 Å². The first-order valence-corrected chi connectivity index (χ1v) is 8.77. The summed E-state index contributed by atoms with van der Waals surface area (Å²) in [5.74, 6) is 0. The van der Waals surface area contributed by atoms with Crippen molar-refractivity contribution in [1.29, 1.82) is 0 Å². The summed E-state index contributed by atoms with van der Waals surface area (Å²) in [6, 6.07) is 17.3. The molecule has 1 N–H and O–H groups in total. The molecule has 0 atom stereocenters. The molecule has 2 heterocycles. The van der Waals surface area contributed by atoms with E-state index in [0.717, 1.165) is 11.3 Å². The van der Waals surface area contributed by atoms with Crippen LogP contribution in [0.25, 0.3) is 54.0 Å². The normalized spacial score (nSPS) is 11.7. The summed E-state index contributed by atoms with van der Waals surface area (Å²) in [4.78, 5) is 3.60. The molecule has 5 aromatic rings. The van der Waals surface area contributed by atoms with Crippen LogP contribution >= 0.6 is 11.3 Å². The van der Waals surface area contributed by atoms with Gasteiger partial charge in [-0.05, 0) is 17.5 Å². The highest BCUT2D eigenvalue weighted by Gasteiger charge is 2.18. The van der Waals surface area contributed by atoms with Gasteiger partial charge in [0.1, 0.15) is 0 Å². The molecular weight excluding hydrogens is 310 g/mol. The van der Waals surface area contributed by atoms with Gasteiger partial charge < -0.3 is 4.98 Å². The molecule has 3 aromatic carbocycles. The molecule has 0 saturated carbocycles. The Morgan fingerprint density at radius 3 is 2.29 bits per heavy atom. The minimum absolute atomic E-state index is 0. The minimum Gasteiger partial charge on any atom is -0.354 e. The fourth-order valence-electron chi connectivity index (χ4n) is 3.76. The first-order chi connectivity index (χ1) is 11.8. The molecular formula is C22H17NS. The number of aromatic nitrogens is 1. The predicted molar refractivity (Wildman–Crippen MR) is 111 cm³/mol. The van der Waals surface area contributed by atoms with Gasteiger partial charge in [0.25, 0.3) is 0 Å². The molecule has 0 saturated heterocycles. The lowest BCUT2D eigenvalue weighted by Crippen LogP contribution is -1.78. The van der Waals surface area contributed by atoms with Crippen molar-refractivity contribution in [3.8, 4) is 0 Å². The molecule has 5 rings (SSSR count). The molecule has 0 radical (unpaired) electrons. The number of rotatable bonds is 2. The maximum atomic E-state index is 4.03. The lowest BCUT2D eigenvalue weighted by atomic mass is 9.99. The van der Waals surface area contributed by atoms with Crippen LogP contribution < -0.4 is 0 Å². The Bertz CT molecular complexity index is 1290. The summed E-state index contributed by atoms with van der Waals surface area (Å²) in [6.07, 6.45) is 3.81. The van der Waals surface area contributed by atoms with Gasteiger partial charge in [0, 0.05) is 43.6 Å². The largest absolute Gasteiger partial charge is 0.354 e. The zero-order chi connectivity index (χ0) is 16.3. The maximum absolute atomic E-state index is 4.03. The Labute approximate surface area is 145 Å². The molecule has 2 aromatic heterocycles. The fourth-order valence-corrected chi connectivity index (χ4v) is 5.01. The van der Waals surface area contributed by atoms with Crippen LogP contribution in [0.5, 0.6) is 0 Å². The third-order valence-corrected chi connectivity index (χ3v) is 5.97. The van der Waals surface area contributed by atoms with E-state index in [4.69, 9.17) is 0 Å². The smallest absolute Gasteiger partial charge is 0.0565 e. The molecule has 2 heteroatoms. The van der Waals surface area contributed by atoms with Crippen LogP contribution in [0.2, 0.25) is 0 Å². The van der Waals surface area contributed by atoms with E-state index in [1.165, 1.54) is 41.8 Å². The second-order valence-corrected chi connectivity index (χ2v) is 7.01.